The van der Waals surface area contributed by atoms with Crippen LogP contribution in [0.5, 0.6) is 0 Å². The molecule has 0 saturated heterocycles. The molecule has 1 aromatic carbocycles. The van der Waals surface area contributed by atoms with E-state index < -0.39 is 11.9 Å². The van der Waals surface area contributed by atoms with E-state index in [0.717, 1.165) is 0 Å². The van der Waals surface area contributed by atoms with Crippen LogP contribution < -0.4 is 0 Å². The fraction of sp³-hybridized carbons (Fsp3) is 0.529. The van der Waals surface area contributed by atoms with Gasteiger partial charge in [0, 0.05) is 11.5 Å². The highest BCUT2D eigenvalue weighted by Crippen LogP contribution is 2.41. The van der Waals surface area contributed by atoms with Crippen molar-refractivity contribution in [3.05, 3.63) is 35.4 Å². The van der Waals surface area contributed by atoms with Gasteiger partial charge >= 0.3 is 5.97 Å². The Morgan fingerprint density at radius 2 is 1.60 bits per heavy atom. The normalized spacial score (nSPS) is 26.2. The predicted molar refractivity (Wildman–Crippen MR) is 75.8 cm³/mol. The van der Waals surface area contributed by atoms with E-state index in [1.54, 1.807) is 0 Å². The maximum absolute atomic E-state index is 12.1. The molecule has 0 radical (unpaired) electrons. The Hall–Kier alpha value is -1.64. The van der Waals surface area contributed by atoms with Crippen LogP contribution in [0.3, 0.4) is 0 Å². The van der Waals surface area contributed by atoms with Crippen LogP contribution in [0.25, 0.3) is 0 Å². The summed E-state index contributed by atoms with van der Waals surface area (Å²) in [5.74, 6) is -0.969. The predicted octanol–water partition coefficient (Wildman–Crippen LogP) is 3.64. The molecular weight excluding hydrogens is 252 g/mol. The van der Waals surface area contributed by atoms with Gasteiger partial charge < -0.3 is 5.11 Å². The first-order chi connectivity index (χ1) is 9.66. The van der Waals surface area contributed by atoms with E-state index in [0.29, 0.717) is 17.9 Å². The lowest BCUT2D eigenvalue weighted by Crippen LogP contribution is -2.09. The Balaban J connectivity index is 1.67. The number of ketones is 1. The largest absolute Gasteiger partial charge is 0.481 e. The van der Waals surface area contributed by atoms with Gasteiger partial charge in [-0.15, -0.1) is 0 Å². The second kappa shape index (κ2) is 5.39. The summed E-state index contributed by atoms with van der Waals surface area (Å²) in [6.07, 6.45) is 6.93. The molecule has 2 unspecified atom stereocenters. The fourth-order valence-corrected chi connectivity index (χ4v) is 3.33. The number of carbonyl (C=O) groups is 2. The van der Waals surface area contributed by atoms with E-state index in [1.165, 1.54) is 37.7 Å². The van der Waals surface area contributed by atoms with Crippen molar-refractivity contribution < 1.29 is 14.7 Å². The summed E-state index contributed by atoms with van der Waals surface area (Å²) in [5.41, 5.74) is 1.99. The number of Topliss-reactive ketones (excluding diaryl/α,β-unsaturated/α-hetero) is 1. The Morgan fingerprint density at radius 1 is 0.950 bits per heavy atom. The van der Waals surface area contributed by atoms with Gasteiger partial charge in [0.25, 0.3) is 0 Å². The van der Waals surface area contributed by atoms with Crippen LogP contribution in [0.4, 0.5) is 0 Å². The van der Waals surface area contributed by atoms with Crippen molar-refractivity contribution in [3.8, 4) is 0 Å². The first-order valence-corrected chi connectivity index (χ1v) is 7.54. The van der Waals surface area contributed by atoms with E-state index >= 15 is 0 Å². The molecule has 0 spiro atoms. The molecule has 20 heavy (non-hydrogen) atoms. The van der Waals surface area contributed by atoms with E-state index in [1.807, 2.05) is 12.1 Å². The average Bonchev–Trinajstić information content (AvgIpc) is 3.28. The molecule has 1 aromatic rings. The molecule has 3 nitrogen and oxygen atoms in total. The van der Waals surface area contributed by atoms with Gasteiger partial charge in [0.05, 0.1) is 5.92 Å². The molecule has 3 heteroatoms. The fourth-order valence-electron chi connectivity index (χ4n) is 3.33. The Morgan fingerprint density at radius 3 is 2.15 bits per heavy atom. The summed E-state index contributed by atoms with van der Waals surface area (Å²) in [6.45, 7) is 0. The number of rotatable bonds is 4. The molecule has 0 bridgehead atoms. The quantitative estimate of drug-likeness (QED) is 0.851. The molecule has 1 N–H and O–H groups in total. The average molecular weight is 272 g/mol. The highest BCUT2D eigenvalue weighted by Gasteiger charge is 2.48. The molecule has 2 fully saturated rings. The molecule has 0 aliphatic heterocycles. The van der Waals surface area contributed by atoms with Crippen molar-refractivity contribution in [1.82, 2.24) is 0 Å². The highest BCUT2D eigenvalue weighted by molar-refractivity contribution is 6.02. The monoisotopic (exact) mass is 272 g/mol. The van der Waals surface area contributed by atoms with Gasteiger partial charge in [0.1, 0.15) is 0 Å². The maximum Gasteiger partial charge on any atom is 0.307 e. The molecule has 0 heterocycles. The molecule has 0 aromatic heterocycles. The molecule has 2 aliphatic rings. The van der Waals surface area contributed by atoms with Crippen molar-refractivity contribution in [3.63, 3.8) is 0 Å². The van der Waals surface area contributed by atoms with Crippen LogP contribution in [-0.2, 0) is 4.79 Å². The number of carboxylic acids is 1. The zero-order valence-corrected chi connectivity index (χ0v) is 11.5. The number of hydrogen-bond acceptors (Lipinski definition) is 2. The van der Waals surface area contributed by atoms with Crippen molar-refractivity contribution >= 4 is 11.8 Å². The third kappa shape index (κ3) is 2.62. The van der Waals surface area contributed by atoms with E-state index in [4.69, 9.17) is 5.11 Å². The minimum Gasteiger partial charge on any atom is -0.481 e. The molecule has 3 rings (SSSR count). The van der Waals surface area contributed by atoms with E-state index in [9.17, 15) is 9.59 Å². The number of benzene rings is 1. The second-order valence-electron chi connectivity index (χ2n) is 6.11. The minimum absolute atomic E-state index is 0.00686. The van der Waals surface area contributed by atoms with Crippen molar-refractivity contribution in [2.75, 3.05) is 0 Å². The summed E-state index contributed by atoms with van der Waals surface area (Å²) in [5, 5.41) is 8.88. The topological polar surface area (TPSA) is 54.4 Å². The first kappa shape index (κ1) is 13.3. The molecule has 2 saturated carbocycles. The lowest BCUT2D eigenvalue weighted by atomic mass is 9.84. The third-order valence-corrected chi connectivity index (χ3v) is 4.72. The minimum atomic E-state index is -0.845. The number of hydrogen-bond donors (Lipinski definition) is 1. The summed E-state index contributed by atoms with van der Waals surface area (Å²) in [6, 6.07) is 7.87. The molecule has 2 aliphatic carbocycles. The van der Waals surface area contributed by atoms with Crippen LogP contribution >= 0.6 is 0 Å². The van der Waals surface area contributed by atoms with Crippen LogP contribution in [0, 0.1) is 11.8 Å². The SMILES string of the molecule is O=C(O)C1CC1C(=O)c1ccc(C2CCCCC2)cc1. The van der Waals surface area contributed by atoms with Gasteiger partial charge in [-0.05, 0) is 30.7 Å². The third-order valence-electron chi connectivity index (χ3n) is 4.72. The maximum atomic E-state index is 12.1. The smallest absolute Gasteiger partial charge is 0.307 e. The van der Waals surface area contributed by atoms with Crippen LogP contribution in [0.1, 0.15) is 60.4 Å². The molecule has 106 valence electrons. The zero-order chi connectivity index (χ0) is 14.1. The number of aliphatic carboxylic acids is 1. The first-order valence-electron chi connectivity index (χ1n) is 7.54. The highest BCUT2D eigenvalue weighted by atomic mass is 16.4. The zero-order valence-electron chi connectivity index (χ0n) is 11.5. The van der Waals surface area contributed by atoms with Gasteiger partial charge in [-0.25, -0.2) is 0 Å². The molecular formula is C17H20O3. The molecule has 0 amide bonds. The Kier molecular flexibility index (Phi) is 3.60. The summed E-state index contributed by atoms with van der Waals surface area (Å²) in [4.78, 5) is 23.0. The van der Waals surface area contributed by atoms with Gasteiger partial charge in [0.15, 0.2) is 5.78 Å². The standard InChI is InChI=1S/C17H20O3/c18-16(14-10-15(14)17(19)20)13-8-6-12(7-9-13)11-4-2-1-3-5-11/h6-9,11,14-15H,1-5,10H2,(H,19,20). The van der Waals surface area contributed by atoms with Crippen molar-refractivity contribution in [2.24, 2.45) is 11.8 Å². The van der Waals surface area contributed by atoms with E-state index in [2.05, 4.69) is 12.1 Å². The van der Waals surface area contributed by atoms with Crippen LogP contribution in [-0.4, -0.2) is 16.9 Å². The van der Waals surface area contributed by atoms with Crippen LogP contribution in [0.2, 0.25) is 0 Å². The van der Waals surface area contributed by atoms with Crippen LogP contribution in [0.15, 0.2) is 24.3 Å². The second-order valence-corrected chi connectivity index (χ2v) is 6.11. The number of carbonyl (C=O) groups excluding carboxylic acids is 1. The molecule has 2 atom stereocenters. The Bertz CT molecular complexity index is 512. The Labute approximate surface area is 119 Å². The summed E-state index contributed by atoms with van der Waals surface area (Å²) >= 11 is 0. The lowest BCUT2D eigenvalue weighted by Gasteiger charge is -2.22. The van der Waals surface area contributed by atoms with E-state index in [-0.39, 0.29) is 11.7 Å². The van der Waals surface area contributed by atoms with Crippen molar-refractivity contribution in [2.45, 2.75) is 44.4 Å². The summed E-state index contributed by atoms with van der Waals surface area (Å²) in [7, 11) is 0. The summed E-state index contributed by atoms with van der Waals surface area (Å²) < 4.78 is 0. The lowest BCUT2D eigenvalue weighted by molar-refractivity contribution is -0.138. The van der Waals surface area contributed by atoms with Gasteiger partial charge in [-0.1, -0.05) is 43.5 Å². The number of carboxylic acid groups (broad SMARTS) is 1. The van der Waals surface area contributed by atoms with Gasteiger partial charge in [0.2, 0.25) is 0 Å². The van der Waals surface area contributed by atoms with Gasteiger partial charge in [-0.2, -0.15) is 0 Å². The van der Waals surface area contributed by atoms with Crippen molar-refractivity contribution in [1.29, 1.82) is 0 Å². The van der Waals surface area contributed by atoms with Gasteiger partial charge in [-0.3, -0.25) is 9.59 Å².